The number of esters is 2. The second kappa shape index (κ2) is 11.4. The van der Waals surface area contributed by atoms with Gasteiger partial charge in [-0.1, -0.05) is 30.3 Å². The smallest absolute Gasteiger partial charge is 0.325 e. The first kappa shape index (κ1) is 20.9. The predicted molar refractivity (Wildman–Crippen MR) is 85.7 cm³/mol. The minimum Gasteiger partial charge on any atom is -0.468 e. The van der Waals surface area contributed by atoms with Gasteiger partial charge in [0.25, 0.3) is 0 Å². The van der Waals surface area contributed by atoms with Crippen molar-refractivity contribution in [3.05, 3.63) is 35.9 Å². The molecule has 0 saturated heterocycles. The Bertz CT molecular complexity index is 510. The third-order valence-electron chi connectivity index (χ3n) is 2.87. The molecule has 1 atom stereocenters. The van der Waals surface area contributed by atoms with Gasteiger partial charge in [-0.05, 0) is 12.0 Å². The molecule has 0 aliphatic carbocycles. The average molecular weight is 345 g/mol. The van der Waals surface area contributed by atoms with Crippen LogP contribution in [0.5, 0.6) is 0 Å². The Kier molecular flexibility index (Phi) is 10.4. The molecule has 0 spiro atoms. The number of methoxy groups -OCH3 is 1. The molecule has 23 heavy (non-hydrogen) atoms. The molecule has 0 aliphatic rings. The standard InChI is InChI=1S/C15H20N2O5.ClH/c1-21-14(19)9-17-13(18)8-7-12(16)15(20)22-10-11-5-3-2-4-6-11;/h2-6,12H,7-10,16H2,1H3,(H,17,18);1H/t12-;/m0./s1. The molecule has 0 saturated carbocycles. The van der Waals surface area contributed by atoms with E-state index in [4.69, 9.17) is 10.5 Å². The first-order valence-electron chi connectivity index (χ1n) is 6.82. The zero-order valence-electron chi connectivity index (χ0n) is 12.8. The first-order chi connectivity index (χ1) is 10.5. The summed E-state index contributed by atoms with van der Waals surface area (Å²) in [6.07, 6.45) is 0.166. The third-order valence-corrected chi connectivity index (χ3v) is 2.87. The van der Waals surface area contributed by atoms with Crippen LogP contribution in [0, 0.1) is 0 Å². The van der Waals surface area contributed by atoms with Gasteiger partial charge in [-0.2, -0.15) is 0 Å². The van der Waals surface area contributed by atoms with Crippen molar-refractivity contribution in [2.45, 2.75) is 25.5 Å². The molecule has 0 radical (unpaired) electrons. The topological polar surface area (TPSA) is 108 Å². The Hall–Kier alpha value is -2.12. The Balaban J connectivity index is 0.00000484. The van der Waals surface area contributed by atoms with Crippen LogP contribution in [-0.4, -0.2) is 37.5 Å². The first-order valence-corrected chi connectivity index (χ1v) is 6.82. The maximum atomic E-state index is 11.7. The van der Waals surface area contributed by atoms with E-state index in [0.29, 0.717) is 0 Å². The van der Waals surface area contributed by atoms with Crippen LogP contribution in [0.15, 0.2) is 30.3 Å². The molecule has 0 heterocycles. The lowest BCUT2D eigenvalue weighted by Crippen LogP contribution is -2.35. The fraction of sp³-hybridized carbons (Fsp3) is 0.400. The van der Waals surface area contributed by atoms with Crippen LogP contribution in [0.2, 0.25) is 0 Å². The average Bonchev–Trinajstić information content (AvgIpc) is 2.56. The van der Waals surface area contributed by atoms with Gasteiger partial charge in [0.05, 0.1) is 7.11 Å². The molecule has 1 aromatic rings. The Morgan fingerprint density at radius 3 is 2.48 bits per heavy atom. The zero-order chi connectivity index (χ0) is 16.4. The summed E-state index contributed by atoms with van der Waals surface area (Å²) in [7, 11) is 1.23. The summed E-state index contributed by atoms with van der Waals surface area (Å²) >= 11 is 0. The number of nitrogens with one attached hydrogen (secondary N) is 1. The Morgan fingerprint density at radius 2 is 1.87 bits per heavy atom. The van der Waals surface area contributed by atoms with Gasteiger partial charge in [0, 0.05) is 6.42 Å². The van der Waals surface area contributed by atoms with E-state index in [1.807, 2.05) is 30.3 Å². The highest BCUT2D eigenvalue weighted by Crippen LogP contribution is 2.03. The molecule has 128 valence electrons. The Labute approximate surface area is 140 Å². The minimum absolute atomic E-state index is 0. The number of halogens is 1. The quantitative estimate of drug-likeness (QED) is 0.667. The van der Waals surface area contributed by atoms with Gasteiger partial charge < -0.3 is 20.5 Å². The number of carbonyl (C=O) groups is 3. The van der Waals surface area contributed by atoms with Crippen LogP contribution in [-0.2, 0) is 30.5 Å². The number of hydrogen-bond donors (Lipinski definition) is 2. The highest BCUT2D eigenvalue weighted by Gasteiger charge is 2.17. The summed E-state index contributed by atoms with van der Waals surface area (Å²) in [5.74, 6) is -1.48. The molecule has 0 fully saturated rings. The summed E-state index contributed by atoms with van der Waals surface area (Å²) in [6, 6.07) is 8.33. The molecule has 1 aromatic carbocycles. The number of benzene rings is 1. The monoisotopic (exact) mass is 344 g/mol. The van der Waals surface area contributed by atoms with E-state index >= 15 is 0 Å². The number of ether oxygens (including phenoxy) is 2. The summed E-state index contributed by atoms with van der Waals surface area (Å²) in [4.78, 5) is 34.0. The maximum Gasteiger partial charge on any atom is 0.325 e. The van der Waals surface area contributed by atoms with E-state index in [1.54, 1.807) is 0 Å². The van der Waals surface area contributed by atoms with Gasteiger partial charge in [-0.3, -0.25) is 14.4 Å². The van der Waals surface area contributed by atoms with Crippen LogP contribution < -0.4 is 11.1 Å². The highest BCUT2D eigenvalue weighted by atomic mass is 35.5. The highest BCUT2D eigenvalue weighted by molar-refractivity contribution is 5.85. The van der Waals surface area contributed by atoms with Gasteiger partial charge >= 0.3 is 11.9 Å². The molecule has 0 aliphatic heterocycles. The Morgan fingerprint density at radius 1 is 1.22 bits per heavy atom. The van der Waals surface area contributed by atoms with Crippen LogP contribution in [0.3, 0.4) is 0 Å². The SMILES string of the molecule is COC(=O)CNC(=O)CC[C@H](N)C(=O)OCc1ccccc1.Cl. The number of hydrogen-bond acceptors (Lipinski definition) is 6. The van der Waals surface area contributed by atoms with E-state index in [0.717, 1.165) is 5.56 Å². The molecule has 0 unspecified atom stereocenters. The number of nitrogens with two attached hydrogens (primary N) is 1. The van der Waals surface area contributed by atoms with E-state index < -0.39 is 18.0 Å². The van der Waals surface area contributed by atoms with Crippen LogP contribution in [0.1, 0.15) is 18.4 Å². The lowest BCUT2D eigenvalue weighted by molar-refractivity contribution is -0.147. The van der Waals surface area contributed by atoms with Crippen molar-refractivity contribution in [1.82, 2.24) is 5.32 Å². The molecule has 0 aromatic heterocycles. The zero-order valence-corrected chi connectivity index (χ0v) is 13.6. The molecule has 1 amide bonds. The molecular weight excluding hydrogens is 324 g/mol. The molecule has 3 N–H and O–H groups in total. The van der Waals surface area contributed by atoms with E-state index in [9.17, 15) is 14.4 Å². The van der Waals surface area contributed by atoms with Crippen molar-refractivity contribution >= 4 is 30.3 Å². The lowest BCUT2D eigenvalue weighted by atomic mass is 10.1. The second-order valence-electron chi connectivity index (χ2n) is 4.59. The van der Waals surface area contributed by atoms with Crippen molar-refractivity contribution in [3.8, 4) is 0 Å². The molecule has 7 nitrogen and oxygen atoms in total. The van der Waals surface area contributed by atoms with E-state index in [2.05, 4.69) is 10.1 Å². The summed E-state index contributed by atoms with van der Waals surface area (Å²) in [5, 5.41) is 2.36. The number of carbonyl (C=O) groups excluding carboxylic acids is 3. The fourth-order valence-corrected chi connectivity index (χ4v) is 1.57. The van der Waals surface area contributed by atoms with Gasteiger partial charge in [0.15, 0.2) is 0 Å². The number of rotatable bonds is 8. The van der Waals surface area contributed by atoms with Crippen molar-refractivity contribution in [3.63, 3.8) is 0 Å². The largest absolute Gasteiger partial charge is 0.468 e. The van der Waals surface area contributed by atoms with E-state index in [-0.39, 0.29) is 44.3 Å². The van der Waals surface area contributed by atoms with Gasteiger partial charge in [0.2, 0.25) is 5.91 Å². The van der Waals surface area contributed by atoms with Gasteiger partial charge in [0.1, 0.15) is 19.2 Å². The third kappa shape index (κ3) is 8.80. The molecular formula is C15H21ClN2O5. The van der Waals surface area contributed by atoms with E-state index in [1.165, 1.54) is 7.11 Å². The molecule has 8 heteroatoms. The van der Waals surface area contributed by atoms with Gasteiger partial charge in [-0.25, -0.2) is 0 Å². The van der Waals surface area contributed by atoms with Crippen LogP contribution in [0.4, 0.5) is 0 Å². The molecule has 0 bridgehead atoms. The van der Waals surface area contributed by atoms with Crippen molar-refractivity contribution in [2.24, 2.45) is 5.73 Å². The molecule has 1 rings (SSSR count). The van der Waals surface area contributed by atoms with Crippen LogP contribution >= 0.6 is 12.4 Å². The fourth-order valence-electron chi connectivity index (χ4n) is 1.57. The van der Waals surface area contributed by atoms with Gasteiger partial charge in [-0.15, -0.1) is 12.4 Å². The van der Waals surface area contributed by atoms with Crippen molar-refractivity contribution in [2.75, 3.05) is 13.7 Å². The lowest BCUT2D eigenvalue weighted by Gasteiger charge is -2.11. The predicted octanol–water partition coefficient (Wildman–Crippen LogP) is 0.548. The minimum atomic E-state index is -0.882. The maximum absolute atomic E-state index is 11.7. The number of amides is 1. The summed E-state index contributed by atoms with van der Waals surface area (Å²) in [5.41, 5.74) is 6.53. The second-order valence-corrected chi connectivity index (χ2v) is 4.59. The van der Waals surface area contributed by atoms with Crippen LogP contribution in [0.25, 0.3) is 0 Å². The van der Waals surface area contributed by atoms with Crippen molar-refractivity contribution < 1.29 is 23.9 Å². The normalized spacial score (nSPS) is 10.9. The summed E-state index contributed by atoms with van der Waals surface area (Å²) < 4.78 is 9.45. The van der Waals surface area contributed by atoms with Crippen molar-refractivity contribution in [1.29, 1.82) is 0 Å². The summed E-state index contributed by atoms with van der Waals surface area (Å²) in [6.45, 7) is -0.0645.